The molecule has 0 aliphatic heterocycles. The lowest BCUT2D eigenvalue weighted by Crippen LogP contribution is -2.16. The summed E-state index contributed by atoms with van der Waals surface area (Å²) in [6, 6.07) is 13.7. The first-order valence-corrected chi connectivity index (χ1v) is 7.39. The Morgan fingerprint density at radius 2 is 1.74 bits per heavy atom. The van der Waals surface area contributed by atoms with Crippen LogP contribution in [0.15, 0.2) is 53.5 Å². The second-order valence-corrected chi connectivity index (χ2v) is 5.50. The van der Waals surface area contributed by atoms with Crippen LogP contribution in [0.5, 0.6) is 5.75 Å². The summed E-state index contributed by atoms with van der Waals surface area (Å²) in [5.41, 5.74) is 3.16. The highest BCUT2D eigenvalue weighted by atomic mass is 16.5. The van der Waals surface area contributed by atoms with Crippen molar-refractivity contribution >= 4 is 10.8 Å². The summed E-state index contributed by atoms with van der Waals surface area (Å²) in [7, 11) is 5.08. The van der Waals surface area contributed by atoms with Crippen LogP contribution in [0.3, 0.4) is 0 Å². The van der Waals surface area contributed by atoms with Crippen molar-refractivity contribution in [2.45, 2.75) is 6.61 Å². The Labute approximate surface area is 134 Å². The first kappa shape index (κ1) is 15.3. The summed E-state index contributed by atoms with van der Waals surface area (Å²) < 4.78 is 12.1. The van der Waals surface area contributed by atoms with Crippen LogP contribution in [0.25, 0.3) is 21.9 Å². The van der Waals surface area contributed by atoms with Crippen molar-refractivity contribution in [1.29, 1.82) is 0 Å². The Kier molecular flexibility index (Phi) is 4.17. The van der Waals surface area contributed by atoms with Gasteiger partial charge in [-0.15, -0.1) is 0 Å². The highest BCUT2D eigenvalue weighted by molar-refractivity contribution is 5.96. The maximum Gasteiger partial charge on any atom is 0.258 e. The van der Waals surface area contributed by atoms with Gasteiger partial charge in [-0.1, -0.05) is 24.3 Å². The SMILES string of the molecule is COCc1ccc(-c2cn(C)c(=O)c3ccc(OC)cc23)cc1. The predicted octanol–water partition coefficient (Wildman–Crippen LogP) is 3.36. The van der Waals surface area contributed by atoms with Crippen molar-refractivity contribution in [2.75, 3.05) is 14.2 Å². The Bertz CT molecular complexity index is 895. The molecule has 4 heteroatoms. The van der Waals surface area contributed by atoms with Crippen LogP contribution in [0, 0.1) is 0 Å². The molecule has 23 heavy (non-hydrogen) atoms. The van der Waals surface area contributed by atoms with Crippen molar-refractivity contribution in [3.63, 3.8) is 0 Å². The molecule has 0 saturated carbocycles. The van der Waals surface area contributed by atoms with Crippen LogP contribution in [0.2, 0.25) is 0 Å². The van der Waals surface area contributed by atoms with Crippen LogP contribution in [-0.2, 0) is 18.4 Å². The van der Waals surface area contributed by atoms with E-state index in [0.717, 1.165) is 27.8 Å². The highest BCUT2D eigenvalue weighted by Crippen LogP contribution is 2.29. The summed E-state index contributed by atoms with van der Waals surface area (Å²) in [6.45, 7) is 0.585. The van der Waals surface area contributed by atoms with Crippen molar-refractivity contribution in [1.82, 2.24) is 4.57 Å². The third-order valence-electron chi connectivity index (χ3n) is 3.97. The molecule has 1 aromatic heterocycles. The number of hydrogen-bond acceptors (Lipinski definition) is 3. The van der Waals surface area contributed by atoms with Gasteiger partial charge in [-0.25, -0.2) is 0 Å². The van der Waals surface area contributed by atoms with Crippen LogP contribution in [-0.4, -0.2) is 18.8 Å². The molecule has 118 valence electrons. The van der Waals surface area contributed by atoms with E-state index in [1.807, 2.05) is 48.7 Å². The molecular formula is C19H19NO3. The van der Waals surface area contributed by atoms with Gasteiger partial charge in [-0.3, -0.25) is 4.79 Å². The Hall–Kier alpha value is -2.59. The number of rotatable bonds is 4. The smallest absolute Gasteiger partial charge is 0.258 e. The average Bonchev–Trinajstić information content (AvgIpc) is 2.59. The fourth-order valence-corrected chi connectivity index (χ4v) is 2.75. The zero-order valence-electron chi connectivity index (χ0n) is 13.5. The lowest BCUT2D eigenvalue weighted by Gasteiger charge is -2.11. The quantitative estimate of drug-likeness (QED) is 0.742. The van der Waals surface area contributed by atoms with E-state index in [-0.39, 0.29) is 5.56 Å². The number of aryl methyl sites for hydroxylation is 1. The number of nitrogens with zero attached hydrogens (tertiary/aromatic N) is 1. The van der Waals surface area contributed by atoms with Crippen molar-refractivity contribution < 1.29 is 9.47 Å². The largest absolute Gasteiger partial charge is 0.497 e. The van der Waals surface area contributed by atoms with Gasteiger partial charge >= 0.3 is 0 Å². The van der Waals surface area contributed by atoms with Gasteiger partial charge in [0.15, 0.2) is 0 Å². The maximum absolute atomic E-state index is 12.4. The zero-order valence-corrected chi connectivity index (χ0v) is 13.5. The highest BCUT2D eigenvalue weighted by Gasteiger charge is 2.10. The van der Waals surface area contributed by atoms with Gasteiger partial charge in [0.25, 0.3) is 5.56 Å². The molecule has 0 aliphatic rings. The monoisotopic (exact) mass is 309 g/mol. The van der Waals surface area contributed by atoms with E-state index in [4.69, 9.17) is 9.47 Å². The first-order chi connectivity index (χ1) is 11.1. The number of benzene rings is 2. The van der Waals surface area contributed by atoms with E-state index < -0.39 is 0 Å². The number of ether oxygens (including phenoxy) is 2. The predicted molar refractivity (Wildman–Crippen MR) is 91.9 cm³/mol. The molecule has 0 atom stereocenters. The number of fused-ring (bicyclic) bond motifs is 1. The number of hydrogen-bond donors (Lipinski definition) is 0. The zero-order chi connectivity index (χ0) is 16.4. The Morgan fingerprint density at radius 1 is 1.00 bits per heavy atom. The minimum atomic E-state index is -0.0117. The molecule has 0 fully saturated rings. The van der Waals surface area contributed by atoms with Gasteiger partial charge in [0.2, 0.25) is 0 Å². The third-order valence-corrected chi connectivity index (χ3v) is 3.97. The molecule has 0 radical (unpaired) electrons. The van der Waals surface area contributed by atoms with E-state index in [2.05, 4.69) is 0 Å². The van der Waals surface area contributed by atoms with Gasteiger partial charge in [0, 0.05) is 36.7 Å². The summed E-state index contributed by atoms with van der Waals surface area (Å²) >= 11 is 0. The Morgan fingerprint density at radius 3 is 2.39 bits per heavy atom. The molecule has 0 bridgehead atoms. The molecule has 3 aromatic rings. The van der Waals surface area contributed by atoms with Crippen molar-refractivity contribution in [2.24, 2.45) is 7.05 Å². The average molecular weight is 309 g/mol. The minimum absolute atomic E-state index is 0.0117. The summed E-state index contributed by atoms with van der Waals surface area (Å²) in [6.07, 6.45) is 1.87. The molecule has 0 spiro atoms. The molecule has 0 saturated heterocycles. The van der Waals surface area contributed by atoms with Crippen LogP contribution in [0.4, 0.5) is 0 Å². The van der Waals surface area contributed by atoms with E-state index in [1.54, 1.807) is 25.8 Å². The van der Waals surface area contributed by atoms with E-state index >= 15 is 0 Å². The van der Waals surface area contributed by atoms with Gasteiger partial charge in [-0.2, -0.15) is 0 Å². The standard InChI is InChI=1S/C19H19NO3/c1-20-11-18(14-6-4-13(5-7-14)12-22-2)17-10-15(23-3)8-9-16(17)19(20)21/h4-11H,12H2,1-3H3. The van der Waals surface area contributed by atoms with E-state index in [0.29, 0.717) is 12.0 Å². The fourth-order valence-electron chi connectivity index (χ4n) is 2.75. The Balaban J connectivity index is 2.23. The summed E-state index contributed by atoms with van der Waals surface area (Å²) in [5, 5.41) is 1.58. The molecule has 0 N–H and O–H groups in total. The summed E-state index contributed by atoms with van der Waals surface area (Å²) in [4.78, 5) is 12.4. The van der Waals surface area contributed by atoms with Gasteiger partial charge in [0.05, 0.1) is 13.7 Å². The second-order valence-electron chi connectivity index (χ2n) is 5.50. The fraction of sp³-hybridized carbons (Fsp3) is 0.211. The van der Waals surface area contributed by atoms with Gasteiger partial charge < -0.3 is 14.0 Å². The van der Waals surface area contributed by atoms with E-state index in [1.165, 1.54) is 0 Å². The van der Waals surface area contributed by atoms with Gasteiger partial charge in [0.1, 0.15) is 5.75 Å². The van der Waals surface area contributed by atoms with Crippen molar-refractivity contribution in [3.8, 4) is 16.9 Å². The summed E-state index contributed by atoms with van der Waals surface area (Å²) in [5.74, 6) is 0.739. The minimum Gasteiger partial charge on any atom is -0.497 e. The van der Waals surface area contributed by atoms with Crippen LogP contribution >= 0.6 is 0 Å². The molecule has 4 nitrogen and oxygen atoms in total. The first-order valence-electron chi connectivity index (χ1n) is 7.39. The number of aromatic nitrogens is 1. The normalized spacial score (nSPS) is 10.9. The molecule has 0 aliphatic carbocycles. The lowest BCUT2D eigenvalue weighted by molar-refractivity contribution is 0.185. The number of methoxy groups -OCH3 is 2. The topological polar surface area (TPSA) is 40.5 Å². The molecule has 0 amide bonds. The third kappa shape index (κ3) is 2.85. The second kappa shape index (κ2) is 6.26. The molecule has 2 aromatic carbocycles. The maximum atomic E-state index is 12.4. The van der Waals surface area contributed by atoms with E-state index in [9.17, 15) is 4.79 Å². The van der Waals surface area contributed by atoms with Crippen LogP contribution < -0.4 is 10.3 Å². The molecule has 3 rings (SSSR count). The lowest BCUT2D eigenvalue weighted by atomic mass is 9.99. The van der Waals surface area contributed by atoms with Crippen LogP contribution in [0.1, 0.15) is 5.56 Å². The molecule has 0 unspecified atom stereocenters. The molecule has 1 heterocycles. The number of pyridine rings is 1. The van der Waals surface area contributed by atoms with Crippen molar-refractivity contribution in [3.05, 3.63) is 64.6 Å². The molecular weight excluding hydrogens is 290 g/mol. The van der Waals surface area contributed by atoms with Gasteiger partial charge in [-0.05, 0) is 29.3 Å².